The highest BCUT2D eigenvalue weighted by Gasteiger charge is 2.20. The molecular weight excluding hydrogens is 393 g/mol. The van der Waals surface area contributed by atoms with Crippen molar-refractivity contribution in [1.82, 2.24) is 25.0 Å². The lowest BCUT2D eigenvalue weighted by Crippen LogP contribution is -2.19. The van der Waals surface area contributed by atoms with Gasteiger partial charge in [-0.15, -0.1) is 15.3 Å². The number of aromatic amines is 1. The Hall–Kier alpha value is -3.20. The number of hydrogen-bond donors (Lipinski definition) is 1. The van der Waals surface area contributed by atoms with Crippen LogP contribution in [-0.2, 0) is 13.0 Å². The van der Waals surface area contributed by atoms with Gasteiger partial charge in [0.1, 0.15) is 5.82 Å². The van der Waals surface area contributed by atoms with Gasteiger partial charge in [-0.05, 0) is 43.2 Å². The number of benzene rings is 2. The SMILES string of the molecule is C[C@H](Sc1n[nH]c(=O)n1CCc1ccccc1)c1nnc(-c2ccc(F)cc2)o1. The van der Waals surface area contributed by atoms with Crippen LogP contribution in [0.15, 0.2) is 69.0 Å². The Morgan fingerprint density at radius 2 is 1.90 bits per heavy atom. The molecule has 4 aromatic rings. The summed E-state index contributed by atoms with van der Waals surface area (Å²) in [4.78, 5) is 12.1. The van der Waals surface area contributed by atoms with Crippen LogP contribution >= 0.6 is 11.8 Å². The molecule has 4 rings (SSSR count). The third kappa shape index (κ3) is 4.45. The van der Waals surface area contributed by atoms with Gasteiger partial charge in [0.2, 0.25) is 11.8 Å². The maximum atomic E-state index is 13.1. The fourth-order valence-electron chi connectivity index (χ4n) is 2.79. The Bertz CT molecular complexity index is 1140. The van der Waals surface area contributed by atoms with Gasteiger partial charge in [0.15, 0.2) is 5.16 Å². The number of halogens is 1. The van der Waals surface area contributed by atoms with Gasteiger partial charge in [-0.25, -0.2) is 14.3 Å². The predicted molar refractivity (Wildman–Crippen MR) is 107 cm³/mol. The number of rotatable bonds is 7. The van der Waals surface area contributed by atoms with Crippen molar-refractivity contribution in [1.29, 1.82) is 0 Å². The van der Waals surface area contributed by atoms with E-state index in [-0.39, 0.29) is 16.8 Å². The summed E-state index contributed by atoms with van der Waals surface area (Å²) in [5, 5.41) is 15.1. The van der Waals surface area contributed by atoms with E-state index in [9.17, 15) is 9.18 Å². The summed E-state index contributed by atoms with van der Waals surface area (Å²) in [6.45, 7) is 2.41. The number of aromatic nitrogens is 5. The van der Waals surface area contributed by atoms with Crippen LogP contribution in [0.25, 0.3) is 11.5 Å². The lowest BCUT2D eigenvalue weighted by Gasteiger charge is -2.08. The first-order valence-corrected chi connectivity index (χ1v) is 9.93. The van der Waals surface area contributed by atoms with E-state index in [4.69, 9.17) is 4.42 Å². The zero-order valence-electron chi connectivity index (χ0n) is 15.6. The van der Waals surface area contributed by atoms with Gasteiger partial charge in [0.25, 0.3) is 0 Å². The third-order valence-electron chi connectivity index (χ3n) is 4.35. The van der Waals surface area contributed by atoms with E-state index in [2.05, 4.69) is 20.4 Å². The number of nitrogens with zero attached hydrogens (tertiary/aromatic N) is 4. The summed E-state index contributed by atoms with van der Waals surface area (Å²) < 4.78 is 20.4. The summed E-state index contributed by atoms with van der Waals surface area (Å²) >= 11 is 1.35. The van der Waals surface area contributed by atoms with E-state index < -0.39 is 0 Å². The average Bonchev–Trinajstić information content (AvgIpc) is 3.35. The number of H-pyrrole nitrogens is 1. The Morgan fingerprint density at radius 1 is 1.14 bits per heavy atom. The van der Waals surface area contributed by atoms with Crippen LogP contribution in [0.2, 0.25) is 0 Å². The largest absolute Gasteiger partial charge is 0.419 e. The lowest BCUT2D eigenvalue weighted by atomic mass is 10.1. The normalized spacial score (nSPS) is 12.2. The van der Waals surface area contributed by atoms with Crippen LogP contribution in [-0.4, -0.2) is 25.0 Å². The first-order chi connectivity index (χ1) is 14.1. The second-order valence-corrected chi connectivity index (χ2v) is 7.72. The van der Waals surface area contributed by atoms with Gasteiger partial charge in [0.05, 0.1) is 5.25 Å². The topological polar surface area (TPSA) is 89.6 Å². The van der Waals surface area contributed by atoms with Crippen molar-refractivity contribution in [2.24, 2.45) is 0 Å². The molecule has 148 valence electrons. The summed E-state index contributed by atoms with van der Waals surface area (Å²) in [6.07, 6.45) is 0.720. The van der Waals surface area contributed by atoms with Gasteiger partial charge in [-0.3, -0.25) is 4.57 Å². The van der Waals surface area contributed by atoms with Crippen molar-refractivity contribution >= 4 is 11.8 Å². The van der Waals surface area contributed by atoms with Crippen LogP contribution in [0.4, 0.5) is 4.39 Å². The molecule has 0 aliphatic rings. The summed E-state index contributed by atoms with van der Waals surface area (Å²) in [5.41, 5.74) is 1.53. The van der Waals surface area contributed by atoms with E-state index in [1.54, 1.807) is 16.7 Å². The highest BCUT2D eigenvalue weighted by Crippen LogP contribution is 2.33. The minimum atomic E-state index is -0.329. The average molecular weight is 411 g/mol. The molecular formula is C20H18FN5O2S. The molecule has 0 aliphatic carbocycles. The van der Waals surface area contributed by atoms with E-state index >= 15 is 0 Å². The first kappa shape index (κ1) is 19.1. The Kier molecular flexibility index (Phi) is 5.57. The summed E-state index contributed by atoms with van der Waals surface area (Å²) in [6, 6.07) is 15.8. The molecule has 0 spiro atoms. The second kappa shape index (κ2) is 8.44. The van der Waals surface area contributed by atoms with Crippen molar-refractivity contribution < 1.29 is 8.81 Å². The fraction of sp³-hybridized carbons (Fsp3) is 0.200. The van der Waals surface area contributed by atoms with E-state index in [0.717, 1.165) is 12.0 Å². The van der Waals surface area contributed by atoms with Crippen molar-refractivity contribution in [2.45, 2.75) is 30.3 Å². The Labute approximate surface area is 170 Å². The van der Waals surface area contributed by atoms with Crippen molar-refractivity contribution in [3.8, 4) is 11.5 Å². The molecule has 0 aliphatic heterocycles. The minimum Gasteiger partial charge on any atom is -0.419 e. The smallest absolute Gasteiger partial charge is 0.343 e. The van der Waals surface area contributed by atoms with Crippen LogP contribution in [0.1, 0.15) is 23.6 Å². The number of hydrogen-bond acceptors (Lipinski definition) is 6. The second-order valence-electron chi connectivity index (χ2n) is 6.41. The molecule has 1 N–H and O–H groups in total. The molecule has 0 saturated heterocycles. The highest BCUT2D eigenvalue weighted by molar-refractivity contribution is 7.99. The molecule has 0 saturated carbocycles. The summed E-state index contributed by atoms with van der Waals surface area (Å²) in [5.74, 6) is 0.389. The first-order valence-electron chi connectivity index (χ1n) is 9.05. The predicted octanol–water partition coefficient (Wildman–Crippen LogP) is 3.86. The highest BCUT2D eigenvalue weighted by atomic mass is 32.2. The van der Waals surface area contributed by atoms with Gasteiger partial charge in [-0.2, -0.15) is 0 Å². The minimum absolute atomic E-state index is 0.220. The van der Waals surface area contributed by atoms with Gasteiger partial charge >= 0.3 is 5.69 Å². The molecule has 9 heteroatoms. The molecule has 1 atom stereocenters. The number of aryl methyl sites for hydroxylation is 1. The maximum absolute atomic E-state index is 13.1. The lowest BCUT2D eigenvalue weighted by molar-refractivity contribution is 0.508. The van der Waals surface area contributed by atoms with Gasteiger partial charge in [0, 0.05) is 12.1 Å². The fourth-order valence-corrected chi connectivity index (χ4v) is 3.70. The molecule has 2 heterocycles. The van der Waals surface area contributed by atoms with Crippen LogP contribution in [0.3, 0.4) is 0 Å². The molecule has 0 amide bonds. The van der Waals surface area contributed by atoms with Crippen LogP contribution in [0, 0.1) is 5.82 Å². The maximum Gasteiger partial charge on any atom is 0.343 e. The Morgan fingerprint density at radius 3 is 2.66 bits per heavy atom. The van der Waals surface area contributed by atoms with E-state index in [1.165, 1.54) is 23.9 Å². The van der Waals surface area contributed by atoms with Crippen LogP contribution in [0.5, 0.6) is 0 Å². The van der Waals surface area contributed by atoms with Gasteiger partial charge in [-0.1, -0.05) is 42.1 Å². The molecule has 0 fully saturated rings. The van der Waals surface area contributed by atoms with Crippen molar-refractivity contribution in [3.63, 3.8) is 0 Å². The zero-order chi connectivity index (χ0) is 20.2. The number of thioether (sulfide) groups is 1. The molecule has 2 aromatic carbocycles. The van der Waals surface area contributed by atoms with E-state index in [1.807, 2.05) is 37.3 Å². The third-order valence-corrected chi connectivity index (χ3v) is 5.43. The molecule has 0 bridgehead atoms. The van der Waals surface area contributed by atoms with Crippen LogP contribution < -0.4 is 5.69 Å². The number of nitrogens with one attached hydrogen (secondary N) is 1. The quantitative estimate of drug-likeness (QED) is 0.465. The Balaban J connectivity index is 1.47. The summed E-state index contributed by atoms with van der Waals surface area (Å²) in [7, 11) is 0. The molecule has 29 heavy (non-hydrogen) atoms. The zero-order valence-corrected chi connectivity index (χ0v) is 16.4. The molecule has 0 unspecified atom stereocenters. The van der Waals surface area contributed by atoms with E-state index in [0.29, 0.717) is 29.0 Å². The van der Waals surface area contributed by atoms with Crippen molar-refractivity contribution in [3.05, 3.63) is 82.4 Å². The molecule has 2 aromatic heterocycles. The monoisotopic (exact) mass is 411 g/mol. The molecule has 7 nitrogen and oxygen atoms in total. The molecule has 0 radical (unpaired) electrons. The van der Waals surface area contributed by atoms with Crippen molar-refractivity contribution in [2.75, 3.05) is 0 Å². The van der Waals surface area contributed by atoms with Gasteiger partial charge < -0.3 is 4.42 Å². The standard InChI is InChI=1S/C20H18FN5O2S/c1-13(17-22-23-18(28-17)15-7-9-16(21)10-8-15)29-20-25-24-19(27)26(20)12-11-14-5-3-2-4-6-14/h2-10,13H,11-12H2,1H3,(H,24,27)/t13-/m0/s1.